The minimum absolute atomic E-state index is 0.195. The van der Waals surface area contributed by atoms with Gasteiger partial charge in [-0.15, -0.1) is 0 Å². The molecule has 2 heteroatoms. The summed E-state index contributed by atoms with van der Waals surface area (Å²) >= 11 is 0. The summed E-state index contributed by atoms with van der Waals surface area (Å²) in [5.41, 5.74) is 6.05. The van der Waals surface area contributed by atoms with Crippen molar-refractivity contribution in [2.75, 3.05) is 13.1 Å². The van der Waals surface area contributed by atoms with E-state index in [0.29, 0.717) is 0 Å². The second kappa shape index (κ2) is 5.13. The van der Waals surface area contributed by atoms with Crippen molar-refractivity contribution in [1.82, 2.24) is 4.90 Å². The summed E-state index contributed by atoms with van der Waals surface area (Å²) in [6.45, 7) is 8.85. The Balaban J connectivity index is 2.61. The number of rotatable bonds is 4. The Kier molecular flexibility index (Phi) is 4.39. The van der Waals surface area contributed by atoms with Crippen LogP contribution in [0.2, 0.25) is 0 Å². The first-order valence-corrected chi connectivity index (χ1v) is 6.08. The number of piperidine rings is 1. The number of nitrogens with zero attached hydrogens (tertiary/aromatic N) is 1. The lowest BCUT2D eigenvalue weighted by atomic mass is 9.91. The van der Waals surface area contributed by atoms with Gasteiger partial charge in [0.05, 0.1) is 0 Å². The molecule has 0 radical (unpaired) electrons. The Hall–Kier alpha value is -0.0800. The molecule has 0 saturated carbocycles. The van der Waals surface area contributed by atoms with Gasteiger partial charge in [0.15, 0.2) is 0 Å². The van der Waals surface area contributed by atoms with Crippen LogP contribution in [0, 0.1) is 0 Å². The molecule has 1 unspecified atom stereocenters. The van der Waals surface area contributed by atoms with Crippen molar-refractivity contribution >= 4 is 0 Å². The highest BCUT2D eigenvalue weighted by Crippen LogP contribution is 2.27. The Morgan fingerprint density at radius 1 is 1.36 bits per heavy atom. The molecule has 1 aliphatic rings. The van der Waals surface area contributed by atoms with Gasteiger partial charge in [0.25, 0.3) is 0 Å². The van der Waals surface area contributed by atoms with Crippen molar-refractivity contribution in [3.05, 3.63) is 0 Å². The molecule has 1 saturated heterocycles. The fourth-order valence-electron chi connectivity index (χ4n) is 2.55. The molecule has 0 aliphatic carbocycles. The predicted molar refractivity (Wildman–Crippen MR) is 62.4 cm³/mol. The Labute approximate surface area is 88.8 Å². The van der Waals surface area contributed by atoms with Crippen molar-refractivity contribution in [3.63, 3.8) is 0 Å². The van der Waals surface area contributed by atoms with E-state index in [0.717, 1.165) is 12.6 Å². The zero-order chi connectivity index (χ0) is 10.6. The molecule has 1 heterocycles. The second-order valence-corrected chi connectivity index (χ2v) is 5.15. The summed E-state index contributed by atoms with van der Waals surface area (Å²) in [6, 6.07) is 0.785. The van der Waals surface area contributed by atoms with E-state index >= 15 is 0 Å². The standard InChI is InChI=1S/C12H26N2/c1-4-7-11-8-5-6-9-14(11)12(2,3)10-13/h11H,4-10,13H2,1-3H3. The van der Waals surface area contributed by atoms with Gasteiger partial charge in [-0.2, -0.15) is 0 Å². The highest BCUT2D eigenvalue weighted by atomic mass is 15.2. The number of likely N-dealkylation sites (tertiary alicyclic amines) is 1. The molecule has 2 N–H and O–H groups in total. The zero-order valence-corrected chi connectivity index (χ0v) is 10.1. The van der Waals surface area contributed by atoms with E-state index in [-0.39, 0.29) is 5.54 Å². The maximum atomic E-state index is 5.85. The summed E-state index contributed by atoms with van der Waals surface area (Å²) in [4.78, 5) is 2.64. The average Bonchev–Trinajstić information content (AvgIpc) is 2.19. The van der Waals surface area contributed by atoms with Crippen molar-refractivity contribution in [2.45, 2.75) is 64.5 Å². The van der Waals surface area contributed by atoms with Gasteiger partial charge in [-0.1, -0.05) is 19.8 Å². The molecule has 0 aromatic rings. The van der Waals surface area contributed by atoms with E-state index in [1.54, 1.807) is 0 Å². The molecule has 2 nitrogen and oxygen atoms in total. The van der Waals surface area contributed by atoms with Gasteiger partial charge in [0.2, 0.25) is 0 Å². The van der Waals surface area contributed by atoms with Gasteiger partial charge in [-0.25, -0.2) is 0 Å². The minimum atomic E-state index is 0.195. The molecule has 1 rings (SSSR count). The van der Waals surface area contributed by atoms with E-state index < -0.39 is 0 Å². The van der Waals surface area contributed by atoms with E-state index in [1.807, 2.05) is 0 Å². The quantitative estimate of drug-likeness (QED) is 0.751. The first kappa shape index (κ1) is 12.0. The lowest BCUT2D eigenvalue weighted by Crippen LogP contribution is -2.55. The summed E-state index contributed by atoms with van der Waals surface area (Å²) in [5, 5.41) is 0. The monoisotopic (exact) mass is 198 g/mol. The molecule has 0 amide bonds. The third kappa shape index (κ3) is 2.71. The lowest BCUT2D eigenvalue weighted by Gasteiger charge is -2.46. The highest BCUT2D eigenvalue weighted by molar-refractivity contribution is 4.89. The van der Waals surface area contributed by atoms with Gasteiger partial charge in [0, 0.05) is 18.1 Å². The lowest BCUT2D eigenvalue weighted by molar-refractivity contribution is 0.0406. The van der Waals surface area contributed by atoms with E-state index in [4.69, 9.17) is 5.73 Å². The first-order chi connectivity index (χ1) is 6.61. The molecular weight excluding hydrogens is 172 g/mol. The molecule has 0 spiro atoms. The Morgan fingerprint density at radius 3 is 2.64 bits per heavy atom. The summed E-state index contributed by atoms with van der Waals surface area (Å²) in [6.07, 6.45) is 6.76. The normalized spacial score (nSPS) is 25.3. The van der Waals surface area contributed by atoms with Gasteiger partial charge in [0.1, 0.15) is 0 Å². The maximum absolute atomic E-state index is 5.85. The SMILES string of the molecule is CCCC1CCCCN1C(C)(C)CN. The van der Waals surface area contributed by atoms with Gasteiger partial charge in [-0.05, 0) is 39.7 Å². The summed E-state index contributed by atoms with van der Waals surface area (Å²) in [7, 11) is 0. The molecule has 14 heavy (non-hydrogen) atoms. The van der Waals surface area contributed by atoms with Crippen LogP contribution in [0.5, 0.6) is 0 Å². The average molecular weight is 198 g/mol. The smallest absolute Gasteiger partial charge is 0.0278 e. The molecular formula is C12H26N2. The Bertz CT molecular complexity index is 164. The van der Waals surface area contributed by atoms with Crippen molar-refractivity contribution in [1.29, 1.82) is 0 Å². The first-order valence-electron chi connectivity index (χ1n) is 6.08. The fourth-order valence-corrected chi connectivity index (χ4v) is 2.55. The minimum Gasteiger partial charge on any atom is -0.329 e. The Morgan fingerprint density at radius 2 is 2.07 bits per heavy atom. The molecule has 0 aromatic carbocycles. The van der Waals surface area contributed by atoms with Crippen LogP contribution >= 0.6 is 0 Å². The van der Waals surface area contributed by atoms with E-state index in [9.17, 15) is 0 Å². The molecule has 84 valence electrons. The van der Waals surface area contributed by atoms with Crippen LogP contribution in [0.3, 0.4) is 0 Å². The maximum Gasteiger partial charge on any atom is 0.0278 e. The van der Waals surface area contributed by atoms with Crippen LogP contribution in [0.25, 0.3) is 0 Å². The third-order valence-corrected chi connectivity index (χ3v) is 3.53. The van der Waals surface area contributed by atoms with Crippen LogP contribution < -0.4 is 5.73 Å². The molecule has 1 aliphatic heterocycles. The van der Waals surface area contributed by atoms with Gasteiger partial charge >= 0.3 is 0 Å². The highest BCUT2D eigenvalue weighted by Gasteiger charge is 2.32. The molecule has 1 atom stereocenters. The number of hydrogen-bond donors (Lipinski definition) is 1. The fraction of sp³-hybridized carbons (Fsp3) is 1.00. The zero-order valence-electron chi connectivity index (χ0n) is 10.1. The van der Waals surface area contributed by atoms with Crippen molar-refractivity contribution in [3.8, 4) is 0 Å². The molecule has 1 fully saturated rings. The van der Waals surface area contributed by atoms with Crippen LogP contribution in [0.4, 0.5) is 0 Å². The third-order valence-electron chi connectivity index (χ3n) is 3.53. The van der Waals surface area contributed by atoms with Crippen LogP contribution in [0.15, 0.2) is 0 Å². The topological polar surface area (TPSA) is 29.3 Å². The number of nitrogens with two attached hydrogens (primary N) is 1. The summed E-state index contributed by atoms with van der Waals surface area (Å²) in [5.74, 6) is 0. The second-order valence-electron chi connectivity index (χ2n) is 5.15. The predicted octanol–water partition coefficient (Wildman–Crippen LogP) is 2.38. The van der Waals surface area contributed by atoms with Crippen LogP contribution in [-0.4, -0.2) is 29.6 Å². The van der Waals surface area contributed by atoms with Crippen molar-refractivity contribution < 1.29 is 0 Å². The summed E-state index contributed by atoms with van der Waals surface area (Å²) < 4.78 is 0. The number of hydrogen-bond acceptors (Lipinski definition) is 2. The van der Waals surface area contributed by atoms with E-state index in [2.05, 4.69) is 25.7 Å². The van der Waals surface area contributed by atoms with Gasteiger partial charge in [-0.3, -0.25) is 4.90 Å². The molecule has 0 bridgehead atoms. The molecule has 0 aromatic heterocycles. The largest absolute Gasteiger partial charge is 0.329 e. The van der Waals surface area contributed by atoms with E-state index in [1.165, 1.54) is 38.6 Å². The van der Waals surface area contributed by atoms with Crippen LogP contribution in [0.1, 0.15) is 52.9 Å². The van der Waals surface area contributed by atoms with Crippen LogP contribution in [-0.2, 0) is 0 Å². The van der Waals surface area contributed by atoms with Crippen molar-refractivity contribution in [2.24, 2.45) is 5.73 Å². The van der Waals surface area contributed by atoms with Gasteiger partial charge < -0.3 is 5.73 Å².